The van der Waals surface area contributed by atoms with E-state index in [1.165, 1.54) is 12.1 Å². The van der Waals surface area contributed by atoms with E-state index in [4.69, 9.17) is 10.4 Å². The van der Waals surface area contributed by atoms with Gasteiger partial charge in [-0.3, -0.25) is 0 Å². The Labute approximate surface area is 101 Å². The van der Waals surface area contributed by atoms with Gasteiger partial charge in [0.25, 0.3) is 0 Å². The number of sulfonamides is 1. The number of aliphatic hydroxyl groups is 1. The van der Waals surface area contributed by atoms with Gasteiger partial charge >= 0.3 is 0 Å². The summed E-state index contributed by atoms with van der Waals surface area (Å²) in [7, 11) is -3.69. The van der Waals surface area contributed by atoms with E-state index in [1.807, 2.05) is 6.07 Å². The summed E-state index contributed by atoms with van der Waals surface area (Å²) in [6.45, 7) is 1.76. The summed E-state index contributed by atoms with van der Waals surface area (Å²) < 4.78 is 26.1. The highest BCUT2D eigenvalue weighted by atomic mass is 32.2. The molecule has 1 rings (SSSR count). The number of nitrogens with one attached hydrogen (secondary N) is 1. The van der Waals surface area contributed by atoms with Gasteiger partial charge in [-0.2, -0.15) is 5.26 Å². The first kappa shape index (κ1) is 13.6. The van der Waals surface area contributed by atoms with Crippen molar-refractivity contribution in [2.75, 3.05) is 13.2 Å². The molecule has 0 bridgehead atoms. The molecule has 6 heteroatoms. The van der Waals surface area contributed by atoms with Crippen molar-refractivity contribution in [3.63, 3.8) is 0 Å². The van der Waals surface area contributed by atoms with Crippen LogP contribution < -0.4 is 4.72 Å². The Morgan fingerprint density at radius 1 is 1.47 bits per heavy atom. The predicted octanol–water partition coefficient (Wildman–Crippen LogP) is 0.465. The molecule has 0 heterocycles. The lowest BCUT2D eigenvalue weighted by atomic mass is 10.2. The normalized spacial score (nSPS) is 13.0. The second-order valence-electron chi connectivity index (χ2n) is 3.75. The van der Waals surface area contributed by atoms with Gasteiger partial charge < -0.3 is 5.11 Å². The van der Waals surface area contributed by atoms with E-state index in [1.54, 1.807) is 19.1 Å². The van der Waals surface area contributed by atoms with Crippen molar-refractivity contribution >= 4 is 10.0 Å². The van der Waals surface area contributed by atoms with Gasteiger partial charge in [-0.25, -0.2) is 13.1 Å². The first-order chi connectivity index (χ1) is 8.01. The minimum Gasteiger partial charge on any atom is -0.396 e. The molecule has 0 spiro atoms. The van der Waals surface area contributed by atoms with Crippen LogP contribution in [0, 0.1) is 17.2 Å². The molecular weight excluding hydrogens is 240 g/mol. The van der Waals surface area contributed by atoms with Crippen LogP contribution in [0.1, 0.15) is 12.5 Å². The number of nitrogens with zero attached hydrogens (tertiary/aromatic N) is 1. The van der Waals surface area contributed by atoms with E-state index in [9.17, 15) is 8.42 Å². The van der Waals surface area contributed by atoms with E-state index in [2.05, 4.69) is 4.72 Å². The molecule has 0 saturated heterocycles. The maximum absolute atomic E-state index is 11.9. The van der Waals surface area contributed by atoms with Gasteiger partial charge in [-0.15, -0.1) is 0 Å². The number of nitriles is 1. The van der Waals surface area contributed by atoms with Crippen molar-refractivity contribution in [1.29, 1.82) is 5.26 Å². The van der Waals surface area contributed by atoms with Gasteiger partial charge in [0.2, 0.25) is 10.0 Å². The van der Waals surface area contributed by atoms with Gasteiger partial charge in [0, 0.05) is 13.2 Å². The minimum absolute atomic E-state index is 0.0346. The molecule has 0 saturated carbocycles. The number of hydrogen-bond acceptors (Lipinski definition) is 4. The third-order valence-corrected chi connectivity index (χ3v) is 3.71. The molecule has 1 aromatic rings. The number of rotatable bonds is 5. The molecule has 0 radical (unpaired) electrons. The zero-order valence-electron chi connectivity index (χ0n) is 9.42. The average molecular weight is 254 g/mol. The first-order valence-corrected chi connectivity index (χ1v) is 6.59. The Balaban J connectivity index is 2.95. The zero-order valence-corrected chi connectivity index (χ0v) is 10.2. The molecular formula is C11H14N2O3S. The fraction of sp³-hybridized carbons (Fsp3) is 0.364. The Hall–Kier alpha value is -1.42. The summed E-state index contributed by atoms with van der Waals surface area (Å²) in [4.78, 5) is -0.0346. The zero-order chi connectivity index (χ0) is 12.9. The topological polar surface area (TPSA) is 90.2 Å². The van der Waals surface area contributed by atoms with E-state index < -0.39 is 10.0 Å². The molecule has 0 amide bonds. The minimum atomic E-state index is -3.69. The quantitative estimate of drug-likeness (QED) is 0.799. The Kier molecular flexibility index (Phi) is 4.63. The molecule has 0 aliphatic carbocycles. The molecule has 1 unspecified atom stereocenters. The van der Waals surface area contributed by atoms with E-state index in [0.29, 0.717) is 0 Å². The summed E-state index contributed by atoms with van der Waals surface area (Å²) >= 11 is 0. The molecule has 1 atom stereocenters. The van der Waals surface area contributed by atoms with Crippen molar-refractivity contribution in [3.8, 4) is 6.07 Å². The van der Waals surface area contributed by atoms with Crippen molar-refractivity contribution in [1.82, 2.24) is 4.72 Å². The number of benzene rings is 1. The lowest BCUT2D eigenvalue weighted by molar-refractivity contribution is 0.238. The van der Waals surface area contributed by atoms with Gasteiger partial charge in [-0.1, -0.05) is 19.1 Å². The van der Waals surface area contributed by atoms with Crippen molar-refractivity contribution in [2.24, 2.45) is 5.92 Å². The maximum atomic E-state index is 11.9. The van der Waals surface area contributed by atoms with E-state index >= 15 is 0 Å². The number of hydrogen-bond donors (Lipinski definition) is 2. The fourth-order valence-electron chi connectivity index (χ4n) is 1.19. The van der Waals surface area contributed by atoms with Crippen LogP contribution in [0.4, 0.5) is 0 Å². The largest absolute Gasteiger partial charge is 0.396 e. The standard InChI is InChI=1S/C11H14N2O3S/c1-9(8-14)7-13-17(15,16)11-5-3-2-4-10(11)6-12/h2-5,9,13-14H,7-8H2,1H3. The molecule has 1 aromatic carbocycles. The predicted molar refractivity (Wildman–Crippen MR) is 62.6 cm³/mol. The van der Waals surface area contributed by atoms with Crippen LogP contribution in [-0.4, -0.2) is 26.7 Å². The van der Waals surface area contributed by atoms with Crippen molar-refractivity contribution in [2.45, 2.75) is 11.8 Å². The van der Waals surface area contributed by atoms with Crippen LogP contribution >= 0.6 is 0 Å². The number of aliphatic hydroxyl groups excluding tert-OH is 1. The molecule has 2 N–H and O–H groups in total. The molecule has 0 aliphatic heterocycles. The average Bonchev–Trinajstić information content (AvgIpc) is 2.35. The molecule has 0 fully saturated rings. The van der Waals surface area contributed by atoms with Crippen LogP contribution in [-0.2, 0) is 10.0 Å². The molecule has 0 aromatic heterocycles. The summed E-state index contributed by atoms with van der Waals surface area (Å²) in [6.07, 6.45) is 0. The molecule has 17 heavy (non-hydrogen) atoms. The Morgan fingerprint density at radius 3 is 2.71 bits per heavy atom. The van der Waals surface area contributed by atoms with Gasteiger partial charge in [0.15, 0.2) is 0 Å². The first-order valence-electron chi connectivity index (χ1n) is 5.11. The summed E-state index contributed by atoms with van der Waals surface area (Å²) in [5, 5.41) is 17.6. The van der Waals surface area contributed by atoms with Gasteiger partial charge in [0.05, 0.1) is 10.5 Å². The molecule has 0 aliphatic rings. The summed E-state index contributed by atoms with van der Waals surface area (Å²) in [5.74, 6) is -0.168. The maximum Gasteiger partial charge on any atom is 0.241 e. The van der Waals surface area contributed by atoms with Crippen molar-refractivity contribution in [3.05, 3.63) is 29.8 Å². The molecule has 92 valence electrons. The summed E-state index contributed by atoms with van der Waals surface area (Å²) in [6, 6.07) is 7.83. The van der Waals surface area contributed by atoms with Crippen LogP contribution in [0.2, 0.25) is 0 Å². The van der Waals surface area contributed by atoms with E-state index in [0.717, 1.165) is 0 Å². The SMILES string of the molecule is CC(CO)CNS(=O)(=O)c1ccccc1C#N. The van der Waals surface area contributed by atoms with Gasteiger partial charge in [-0.05, 0) is 18.1 Å². The lowest BCUT2D eigenvalue weighted by Gasteiger charge is -2.11. The third kappa shape index (κ3) is 3.53. The second kappa shape index (κ2) is 5.77. The van der Waals surface area contributed by atoms with E-state index in [-0.39, 0.29) is 29.5 Å². The molecule has 5 nitrogen and oxygen atoms in total. The highest BCUT2D eigenvalue weighted by Crippen LogP contribution is 2.14. The van der Waals surface area contributed by atoms with Crippen molar-refractivity contribution < 1.29 is 13.5 Å². The van der Waals surface area contributed by atoms with Crippen LogP contribution in [0.5, 0.6) is 0 Å². The van der Waals surface area contributed by atoms with Gasteiger partial charge in [0.1, 0.15) is 6.07 Å². The summed E-state index contributed by atoms with van der Waals surface area (Å²) in [5.41, 5.74) is 0.108. The third-order valence-electron chi connectivity index (χ3n) is 2.23. The van der Waals surface area contributed by atoms with Crippen LogP contribution in [0.3, 0.4) is 0 Å². The second-order valence-corrected chi connectivity index (χ2v) is 5.48. The van der Waals surface area contributed by atoms with Crippen LogP contribution in [0.15, 0.2) is 29.2 Å². The lowest BCUT2D eigenvalue weighted by Crippen LogP contribution is -2.30. The monoisotopic (exact) mass is 254 g/mol. The smallest absolute Gasteiger partial charge is 0.241 e. The van der Waals surface area contributed by atoms with Crippen LogP contribution in [0.25, 0.3) is 0 Å². The Morgan fingerprint density at radius 2 is 2.12 bits per heavy atom. The fourth-order valence-corrected chi connectivity index (χ4v) is 2.51. The highest BCUT2D eigenvalue weighted by Gasteiger charge is 2.18. The Bertz CT molecular complexity index is 520. The highest BCUT2D eigenvalue weighted by molar-refractivity contribution is 7.89.